The fraction of sp³-hybridized carbons (Fsp3) is 0.667. The quantitative estimate of drug-likeness (QED) is 0.690. The van der Waals surface area contributed by atoms with Gasteiger partial charge in [-0.1, -0.05) is 6.42 Å². The van der Waals surface area contributed by atoms with Gasteiger partial charge in [-0.15, -0.1) is 11.3 Å². The highest BCUT2D eigenvalue weighted by molar-refractivity contribution is 7.91. The maximum Gasteiger partial charge on any atom is 0.250 e. The lowest BCUT2D eigenvalue weighted by Crippen LogP contribution is -2.33. The summed E-state index contributed by atoms with van der Waals surface area (Å²) >= 11 is 1.19. The number of piperidine rings is 1. The van der Waals surface area contributed by atoms with Crippen molar-refractivity contribution in [3.63, 3.8) is 0 Å². The molecule has 0 saturated carbocycles. The van der Waals surface area contributed by atoms with Gasteiger partial charge in [-0.25, -0.2) is 13.1 Å². The van der Waals surface area contributed by atoms with Gasteiger partial charge in [0.1, 0.15) is 4.21 Å². The largest absolute Gasteiger partial charge is 0.351 e. The minimum atomic E-state index is -3.44. The van der Waals surface area contributed by atoms with Crippen molar-refractivity contribution in [2.45, 2.75) is 43.4 Å². The summed E-state index contributed by atoms with van der Waals surface area (Å²) in [6.07, 6.45) is 4.63. The highest BCUT2D eigenvalue weighted by atomic mass is 32.2. The molecule has 0 aromatic carbocycles. The Morgan fingerprint density at radius 2 is 2.00 bits per heavy atom. The van der Waals surface area contributed by atoms with Crippen LogP contribution in [0.2, 0.25) is 0 Å². The van der Waals surface area contributed by atoms with E-state index in [9.17, 15) is 13.2 Å². The third-order valence-electron chi connectivity index (χ3n) is 3.81. The van der Waals surface area contributed by atoms with Crippen molar-refractivity contribution in [2.24, 2.45) is 0 Å². The molecular weight excluding hydrogens is 334 g/mol. The molecule has 1 amide bonds. The van der Waals surface area contributed by atoms with Crippen LogP contribution < -0.4 is 10.0 Å². The zero-order chi connectivity index (χ0) is 16.7. The van der Waals surface area contributed by atoms with Gasteiger partial charge in [0.2, 0.25) is 15.9 Å². The van der Waals surface area contributed by atoms with Crippen LogP contribution in [0.25, 0.3) is 0 Å². The van der Waals surface area contributed by atoms with Crippen LogP contribution in [0.15, 0.2) is 16.3 Å². The van der Waals surface area contributed by atoms with E-state index in [4.69, 9.17) is 0 Å². The molecule has 130 valence electrons. The molecule has 23 heavy (non-hydrogen) atoms. The van der Waals surface area contributed by atoms with E-state index < -0.39 is 10.0 Å². The van der Waals surface area contributed by atoms with Crippen LogP contribution in [0.3, 0.4) is 0 Å². The Balaban J connectivity index is 1.76. The first-order valence-corrected chi connectivity index (χ1v) is 10.3. The molecule has 8 heteroatoms. The van der Waals surface area contributed by atoms with Crippen molar-refractivity contribution in [1.82, 2.24) is 14.9 Å². The molecule has 1 aromatic heterocycles. The molecule has 1 aromatic rings. The average molecular weight is 360 g/mol. The minimum Gasteiger partial charge on any atom is -0.351 e. The number of carbonyl (C=O) groups excluding carboxylic acids is 1. The number of rotatable bonds is 8. The van der Waals surface area contributed by atoms with Crippen LogP contribution in [0, 0.1) is 0 Å². The first kappa shape index (κ1) is 18.4. The average Bonchev–Trinajstić information content (AvgIpc) is 3.00. The predicted molar refractivity (Wildman–Crippen MR) is 91.9 cm³/mol. The molecule has 0 aliphatic carbocycles. The molecule has 0 radical (unpaired) electrons. The Morgan fingerprint density at radius 1 is 1.26 bits per heavy atom. The molecule has 0 atom stereocenters. The molecule has 1 fully saturated rings. The van der Waals surface area contributed by atoms with E-state index in [2.05, 4.69) is 14.9 Å². The van der Waals surface area contributed by atoms with E-state index in [0.717, 1.165) is 30.9 Å². The Morgan fingerprint density at radius 3 is 2.70 bits per heavy atom. The summed E-state index contributed by atoms with van der Waals surface area (Å²) in [5, 5.41) is 2.67. The first-order valence-electron chi connectivity index (χ1n) is 8.02. The van der Waals surface area contributed by atoms with Gasteiger partial charge in [0.15, 0.2) is 0 Å². The molecule has 1 aliphatic heterocycles. The first-order chi connectivity index (χ1) is 11.0. The number of sulfonamides is 1. The van der Waals surface area contributed by atoms with Gasteiger partial charge in [-0.05, 0) is 51.0 Å². The van der Waals surface area contributed by atoms with Gasteiger partial charge < -0.3 is 10.2 Å². The Bertz CT molecular complexity index is 607. The van der Waals surface area contributed by atoms with Crippen LogP contribution in [-0.2, 0) is 21.4 Å². The van der Waals surface area contributed by atoms with Gasteiger partial charge in [0.05, 0.1) is 6.54 Å². The van der Waals surface area contributed by atoms with Crippen LogP contribution in [-0.4, -0.2) is 45.4 Å². The van der Waals surface area contributed by atoms with E-state index in [1.807, 2.05) is 0 Å². The highest BCUT2D eigenvalue weighted by Gasteiger charge is 2.17. The second-order valence-electron chi connectivity index (χ2n) is 5.78. The molecule has 1 aliphatic rings. The van der Waals surface area contributed by atoms with Crippen molar-refractivity contribution in [3.8, 4) is 0 Å². The smallest absolute Gasteiger partial charge is 0.250 e. The number of thiophene rings is 1. The van der Waals surface area contributed by atoms with Gasteiger partial charge in [0, 0.05) is 18.3 Å². The number of likely N-dealkylation sites (tertiary alicyclic amines) is 1. The summed E-state index contributed by atoms with van der Waals surface area (Å²) in [5.74, 6) is -0.126. The third kappa shape index (κ3) is 6.21. The molecular formula is C15H25N3O3S2. The van der Waals surface area contributed by atoms with Gasteiger partial charge in [-0.2, -0.15) is 0 Å². The SMILES string of the molecule is CC(=O)NCc1ccc(S(=O)(=O)NCCCN2CCCCC2)s1. The molecule has 0 bridgehead atoms. The van der Waals surface area contributed by atoms with E-state index in [1.54, 1.807) is 12.1 Å². The topological polar surface area (TPSA) is 78.5 Å². The van der Waals surface area contributed by atoms with Crippen LogP contribution in [0.4, 0.5) is 0 Å². The lowest BCUT2D eigenvalue weighted by Gasteiger charge is -2.26. The van der Waals surface area contributed by atoms with Crippen molar-refractivity contribution >= 4 is 27.3 Å². The number of nitrogens with zero attached hydrogens (tertiary/aromatic N) is 1. The summed E-state index contributed by atoms with van der Waals surface area (Å²) in [4.78, 5) is 14.1. The maximum atomic E-state index is 12.2. The zero-order valence-corrected chi connectivity index (χ0v) is 15.1. The van der Waals surface area contributed by atoms with Gasteiger partial charge in [0.25, 0.3) is 0 Å². The summed E-state index contributed by atoms with van der Waals surface area (Å²) in [7, 11) is -3.44. The number of carbonyl (C=O) groups is 1. The van der Waals surface area contributed by atoms with Crippen molar-refractivity contribution in [1.29, 1.82) is 0 Å². The number of hydrogen-bond acceptors (Lipinski definition) is 5. The lowest BCUT2D eigenvalue weighted by molar-refractivity contribution is -0.119. The minimum absolute atomic E-state index is 0.126. The normalized spacial score (nSPS) is 16.4. The summed E-state index contributed by atoms with van der Waals surface area (Å²) in [6.45, 7) is 5.46. The van der Waals surface area contributed by atoms with Gasteiger partial charge in [-0.3, -0.25) is 4.79 Å². The number of nitrogens with one attached hydrogen (secondary N) is 2. The van der Waals surface area contributed by atoms with E-state index in [-0.39, 0.29) is 5.91 Å². The Kier molecular flexibility index (Phi) is 7.01. The Labute approximate surface area is 142 Å². The predicted octanol–water partition coefficient (Wildman–Crippen LogP) is 1.54. The second kappa shape index (κ2) is 8.77. The standard InChI is InChI=1S/C15H25N3O3S2/c1-13(19)16-12-14-6-7-15(22-14)23(20,21)17-8-5-11-18-9-3-2-4-10-18/h6-7,17H,2-5,8-12H2,1H3,(H,16,19). The van der Waals surface area contributed by atoms with Crippen molar-refractivity contribution in [2.75, 3.05) is 26.2 Å². The molecule has 6 nitrogen and oxygen atoms in total. The summed E-state index contributed by atoms with van der Waals surface area (Å²) < 4.78 is 27.4. The number of amides is 1. The molecule has 2 rings (SSSR count). The lowest BCUT2D eigenvalue weighted by atomic mass is 10.1. The highest BCUT2D eigenvalue weighted by Crippen LogP contribution is 2.21. The van der Waals surface area contributed by atoms with Crippen molar-refractivity contribution < 1.29 is 13.2 Å². The van der Waals surface area contributed by atoms with E-state index >= 15 is 0 Å². The number of hydrogen-bond donors (Lipinski definition) is 2. The molecule has 0 unspecified atom stereocenters. The van der Waals surface area contributed by atoms with Crippen molar-refractivity contribution in [3.05, 3.63) is 17.0 Å². The Hall–Kier alpha value is -0.960. The summed E-state index contributed by atoms with van der Waals surface area (Å²) in [6, 6.07) is 3.33. The van der Waals surface area contributed by atoms with Crippen LogP contribution in [0.1, 0.15) is 37.5 Å². The third-order valence-corrected chi connectivity index (χ3v) is 6.84. The maximum absolute atomic E-state index is 12.2. The molecule has 2 N–H and O–H groups in total. The molecule has 2 heterocycles. The van der Waals surface area contributed by atoms with Crippen LogP contribution in [0.5, 0.6) is 0 Å². The zero-order valence-electron chi connectivity index (χ0n) is 13.5. The fourth-order valence-electron chi connectivity index (χ4n) is 2.57. The molecule has 0 spiro atoms. The van der Waals surface area contributed by atoms with E-state index in [1.165, 1.54) is 37.5 Å². The van der Waals surface area contributed by atoms with E-state index in [0.29, 0.717) is 17.3 Å². The summed E-state index contributed by atoms with van der Waals surface area (Å²) in [5.41, 5.74) is 0. The fourth-order valence-corrected chi connectivity index (χ4v) is 4.99. The second-order valence-corrected chi connectivity index (χ2v) is 8.95. The monoisotopic (exact) mass is 359 g/mol. The van der Waals surface area contributed by atoms with Crippen LogP contribution >= 0.6 is 11.3 Å². The molecule has 1 saturated heterocycles. The van der Waals surface area contributed by atoms with Gasteiger partial charge >= 0.3 is 0 Å².